The van der Waals surface area contributed by atoms with E-state index in [4.69, 9.17) is 0 Å². The summed E-state index contributed by atoms with van der Waals surface area (Å²) < 4.78 is 1.70. The SMILES string of the molecule is Cc1nc(-c2cnn(C)c2)ncc1[C@H](C)O. The summed E-state index contributed by atoms with van der Waals surface area (Å²) in [6, 6.07) is 0. The number of aliphatic hydroxyl groups is 1. The Morgan fingerprint density at radius 2 is 2.12 bits per heavy atom. The fraction of sp³-hybridized carbons (Fsp3) is 0.364. The van der Waals surface area contributed by atoms with Crippen molar-refractivity contribution in [2.75, 3.05) is 0 Å². The molecular formula is C11H14N4O. The van der Waals surface area contributed by atoms with Gasteiger partial charge < -0.3 is 5.11 Å². The predicted molar refractivity (Wildman–Crippen MR) is 59.6 cm³/mol. The standard InChI is InChI=1S/C11H14N4O/c1-7-10(8(2)16)5-12-11(14-7)9-4-13-15(3)6-9/h4-6,8,16H,1-3H3/t8-/m0/s1. The van der Waals surface area contributed by atoms with E-state index in [9.17, 15) is 5.11 Å². The third-order valence-electron chi connectivity index (χ3n) is 2.43. The maximum Gasteiger partial charge on any atom is 0.162 e. The van der Waals surface area contributed by atoms with Gasteiger partial charge in [0, 0.05) is 30.7 Å². The summed E-state index contributed by atoms with van der Waals surface area (Å²) in [6.45, 7) is 3.57. The van der Waals surface area contributed by atoms with E-state index in [1.807, 2.05) is 20.2 Å². The fourth-order valence-electron chi connectivity index (χ4n) is 1.56. The first-order chi connectivity index (χ1) is 7.58. The zero-order chi connectivity index (χ0) is 11.7. The molecule has 0 amide bonds. The van der Waals surface area contributed by atoms with Crippen LogP contribution in [0.15, 0.2) is 18.6 Å². The van der Waals surface area contributed by atoms with Gasteiger partial charge in [0.15, 0.2) is 5.82 Å². The van der Waals surface area contributed by atoms with E-state index >= 15 is 0 Å². The summed E-state index contributed by atoms with van der Waals surface area (Å²) in [7, 11) is 1.85. The Hall–Kier alpha value is -1.75. The van der Waals surface area contributed by atoms with Gasteiger partial charge in [-0.15, -0.1) is 0 Å². The monoisotopic (exact) mass is 218 g/mol. The molecule has 16 heavy (non-hydrogen) atoms. The molecule has 0 aliphatic rings. The Kier molecular flexibility index (Phi) is 2.70. The molecule has 0 fully saturated rings. The van der Waals surface area contributed by atoms with Crippen LogP contribution in [0.25, 0.3) is 11.4 Å². The summed E-state index contributed by atoms with van der Waals surface area (Å²) in [4.78, 5) is 8.57. The van der Waals surface area contributed by atoms with Crippen LogP contribution in [-0.4, -0.2) is 24.9 Å². The van der Waals surface area contributed by atoms with Crippen molar-refractivity contribution in [3.05, 3.63) is 29.8 Å². The van der Waals surface area contributed by atoms with Crippen molar-refractivity contribution in [1.29, 1.82) is 0 Å². The van der Waals surface area contributed by atoms with Crippen molar-refractivity contribution in [2.45, 2.75) is 20.0 Å². The van der Waals surface area contributed by atoms with Crippen LogP contribution in [-0.2, 0) is 7.05 Å². The Balaban J connectivity index is 2.42. The number of rotatable bonds is 2. The molecule has 84 valence electrons. The van der Waals surface area contributed by atoms with Crippen LogP contribution in [0.5, 0.6) is 0 Å². The molecule has 0 saturated carbocycles. The van der Waals surface area contributed by atoms with Gasteiger partial charge in [-0.3, -0.25) is 4.68 Å². The third-order valence-corrected chi connectivity index (χ3v) is 2.43. The Morgan fingerprint density at radius 3 is 2.62 bits per heavy atom. The van der Waals surface area contributed by atoms with E-state index < -0.39 is 6.10 Å². The second-order valence-electron chi connectivity index (χ2n) is 3.81. The second-order valence-corrected chi connectivity index (χ2v) is 3.81. The lowest BCUT2D eigenvalue weighted by Crippen LogP contribution is -2.00. The minimum Gasteiger partial charge on any atom is -0.389 e. The largest absolute Gasteiger partial charge is 0.389 e. The Bertz CT molecular complexity index is 504. The van der Waals surface area contributed by atoms with Crippen molar-refractivity contribution < 1.29 is 5.11 Å². The molecule has 5 nitrogen and oxygen atoms in total. The smallest absolute Gasteiger partial charge is 0.162 e. The van der Waals surface area contributed by atoms with Gasteiger partial charge in [-0.05, 0) is 13.8 Å². The minimum absolute atomic E-state index is 0.539. The number of hydrogen-bond donors (Lipinski definition) is 1. The molecule has 0 unspecified atom stereocenters. The average molecular weight is 218 g/mol. The molecule has 2 aromatic heterocycles. The van der Waals surface area contributed by atoms with E-state index in [1.54, 1.807) is 24.0 Å². The molecule has 0 spiro atoms. The maximum absolute atomic E-state index is 9.47. The number of nitrogens with zero attached hydrogens (tertiary/aromatic N) is 4. The molecule has 0 aromatic carbocycles. The molecule has 1 atom stereocenters. The highest BCUT2D eigenvalue weighted by molar-refractivity contribution is 5.52. The number of aryl methyl sites for hydroxylation is 2. The Labute approximate surface area is 93.8 Å². The number of hydrogen-bond acceptors (Lipinski definition) is 4. The maximum atomic E-state index is 9.47. The van der Waals surface area contributed by atoms with Gasteiger partial charge in [-0.2, -0.15) is 5.10 Å². The van der Waals surface area contributed by atoms with Crippen LogP contribution in [0.3, 0.4) is 0 Å². The molecule has 0 radical (unpaired) electrons. The highest BCUT2D eigenvalue weighted by atomic mass is 16.3. The summed E-state index contributed by atoms with van der Waals surface area (Å²) >= 11 is 0. The van der Waals surface area contributed by atoms with Crippen LogP contribution in [0.1, 0.15) is 24.3 Å². The predicted octanol–water partition coefficient (Wildman–Crippen LogP) is 1.24. The summed E-state index contributed by atoms with van der Waals surface area (Å²) in [5, 5.41) is 13.5. The first kappa shape index (κ1) is 10.8. The zero-order valence-corrected chi connectivity index (χ0v) is 9.55. The van der Waals surface area contributed by atoms with E-state index in [0.717, 1.165) is 16.8 Å². The van der Waals surface area contributed by atoms with Crippen molar-refractivity contribution in [1.82, 2.24) is 19.7 Å². The van der Waals surface area contributed by atoms with Crippen LogP contribution < -0.4 is 0 Å². The summed E-state index contributed by atoms with van der Waals surface area (Å²) in [5.41, 5.74) is 2.43. The number of aliphatic hydroxyl groups excluding tert-OH is 1. The minimum atomic E-state index is -0.539. The Morgan fingerprint density at radius 1 is 1.38 bits per heavy atom. The molecule has 2 heterocycles. The first-order valence-electron chi connectivity index (χ1n) is 5.08. The molecule has 2 aromatic rings. The normalized spacial score (nSPS) is 12.8. The molecule has 0 aliphatic heterocycles. The molecular weight excluding hydrogens is 204 g/mol. The highest BCUT2D eigenvalue weighted by Gasteiger charge is 2.10. The highest BCUT2D eigenvalue weighted by Crippen LogP contribution is 2.18. The first-order valence-corrected chi connectivity index (χ1v) is 5.08. The van der Waals surface area contributed by atoms with Gasteiger partial charge in [0.25, 0.3) is 0 Å². The second kappa shape index (κ2) is 4.02. The van der Waals surface area contributed by atoms with E-state index in [1.165, 1.54) is 0 Å². The zero-order valence-electron chi connectivity index (χ0n) is 9.55. The lowest BCUT2D eigenvalue weighted by Gasteiger charge is -2.07. The number of aromatic nitrogens is 4. The topological polar surface area (TPSA) is 63.8 Å². The van der Waals surface area contributed by atoms with Gasteiger partial charge in [0.1, 0.15) is 0 Å². The van der Waals surface area contributed by atoms with Crippen molar-refractivity contribution in [3.8, 4) is 11.4 Å². The van der Waals surface area contributed by atoms with Crippen LogP contribution in [0.2, 0.25) is 0 Å². The third kappa shape index (κ3) is 1.94. The molecule has 0 saturated heterocycles. The van der Waals surface area contributed by atoms with Crippen LogP contribution in [0, 0.1) is 6.92 Å². The van der Waals surface area contributed by atoms with Gasteiger partial charge >= 0.3 is 0 Å². The van der Waals surface area contributed by atoms with E-state index in [-0.39, 0.29) is 0 Å². The summed E-state index contributed by atoms with van der Waals surface area (Å²) in [5.74, 6) is 0.634. The molecule has 1 N–H and O–H groups in total. The van der Waals surface area contributed by atoms with Gasteiger partial charge in [0.2, 0.25) is 0 Å². The quantitative estimate of drug-likeness (QED) is 0.823. The van der Waals surface area contributed by atoms with Gasteiger partial charge in [-0.1, -0.05) is 0 Å². The average Bonchev–Trinajstić information content (AvgIpc) is 2.64. The van der Waals surface area contributed by atoms with Crippen LogP contribution >= 0.6 is 0 Å². The molecule has 5 heteroatoms. The summed E-state index contributed by atoms with van der Waals surface area (Å²) in [6.07, 6.45) is 4.70. The molecule has 0 aliphatic carbocycles. The molecule has 2 rings (SSSR count). The van der Waals surface area contributed by atoms with E-state index in [0.29, 0.717) is 5.82 Å². The van der Waals surface area contributed by atoms with E-state index in [2.05, 4.69) is 15.1 Å². The lowest BCUT2D eigenvalue weighted by molar-refractivity contribution is 0.197. The lowest BCUT2D eigenvalue weighted by atomic mass is 10.1. The van der Waals surface area contributed by atoms with Crippen molar-refractivity contribution in [2.24, 2.45) is 7.05 Å². The van der Waals surface area contributed by atoms with Gasteiger partial charge in [0.05, 0.1) is 17.9 Å². The van der Waals surface area contributed by atoms with Gasteiger partial charge in [-0.25, -0.2) is 9.97 Å². The fourth-order valence-corrected chi connectivity index (χ4v) is 1.56. The van der Waals surface area contributed by atoms with Crippen LogP contribution in [0.4, 0.5) is 0 Å². The molecule has 0 bridgehead atoms. The van der Waals surface area contributed by atoms with Crippen molar-refractivity contribution in [3.63, 3.8) is 0 Å². The van der Waals surface area contributed by atoms with Crippen molar-refractivity contribution >= 4 is 0 Å².